The Bertz CT molecular complexity index is 901. The van der Waals surface area contributed by atoms with E-state index in [4.69, 9.17) is 14.2 Å². The van der Waals surface area contributed by atoms with Crippen molar-refractivity contribution in [2.45, 2.75) is 18.8 Å². The molecule has 0 aliphatic carbocycles. The number of methoxy groups -OCH3 is 1. The Kier molecular flexibility index (Phi) is 4.69. The zero-order chi connectivity index (χ0) is 17.9. The fraction of sp³-hybridized carbons (Fsp3) is 0.300. The topological polar surface area (TPSA) is 62.6 Å². The molecule has 1 atom stereocenters. The summed E-state index contributed by atoms with van der Waals surface area (Å²) in [5.74, 6) is -0.323. The van der Waals surface area contributed by atoms with E-state index in [2.05, 4.69) is 5.10 Å². The lowest BCUT2D eigenvalue weighted by Crippen LogP contribution is -2.23. The molecule has 26 heavy (non-hydrogen) atoms. The van der Waals surface area contributed by atoms with E-state index in [-0.39, 0.29) is 5.97 Å². The Hall–Kier alpha value is -2.70. The molecule has 1 aliphatic heterocycles. The second kappa shape index (κ2) is 7.27. The van der Waals surface area contributed by atoms with Gasteiger partial charge in [0.25, 0.3) is 0 Å². The van der Waals surface area contributed by atoms with E-state index in [1.54, 1.807) is 4.68 Å². The average Bonchev–Trinajstić information content (AvgIpc) is 3.35. The highest BCUT2D eigenvalue weighted by atomic mass is 16.7. The van der Waals surface area contributed by atoms with Gasteiger partial charge in [-0.05, 0) is 5.56 Å². The molecular weight excluding hydrogens is 332 g/mol. The van der Waals surface area contributed by atoms with E-state index in [9.17, 15) is 4.79 Å². The van der Waals surface area contributed by atoms with Gasteiger partial charge >= 0.3 is 5.97 Å². The molecule has 1 saturated heterocycles. The summed E-state index contributed by atoms with van der Waals surface area (Å²) in [5, 5.41) is 5.61. The van der Waals surface area contributed by atoms with Gasteiger partial charge < -0.3 is 14.2 Å². The quantitative estimate of drug-likeness (QED) is 0.661. The molecule has 2 heterocycles. The van der Waals surface area contributed by atoms with E-state index >= 15 is 0 Å². The molecule has 6 heteroatoms. The van der Waals surface area contributed by atoms with Crippen molar-refractivity contribution in [2.75, 3.05) is 20.3 Å². The van der Waals surface area contributed by atoms with Gasteiger partial charge in [0.2, 0.25) is 0 Å². The lowest BCUT2D eigenvalue weighted by Gasteiger charge is -2.15. The third kappa shape index (κ3) is 3.21. The maximum Gasteiger partial charge on any atom is 0.331 e. The monoisotopic (exact) mass is 352 g/mol. The number of carbonyl (C=O) groups excluding carboxylic acids is 1. The van der Waals surface area contributed by atoms with Gasteiger partial charge in [-0.2, -0.15) is 5.10 Å². The van der Waals surface area contributed by atoms with E-state index < -0.39 is 12.3 Å². The van der Waals surface area contributed by atoms with E-state index in [0.717, 1.165) is 22.0 Å². The molecule has 2 aromatic carbocycles. The lowest BCUT2D eigenvalue weighted by molar-refractivity contribution is -0.144. The maximum atomic E-state index is 12.4. The second-order valence-electron chi connectivity index (χ2n) is 6.20. The van der Waals surface area contributed by atoms with Crippen molar-refractivity contribution in [1.82, 2.24) is 9.78 Å². The Balaban J connectivity index is 1.72. The van der Waals surface area contributed by atoms with Crippen molar-refractivity contribution >= 4 is 16.9 Å². The van der Waals surface area contributed by atoms with Crippen LogP contribution in [-0.4, -0.2) is 36.1 Å². The molecule has 0 N–H and O–H groups in total. The Morgan fingerprint density at radius 1 is 1.19 bits per heavy atom. The zero-order valence-electron chi connectivity index (χ0n) is 14.5. The summed E-state index contributed by atoms with van der Waals surface area (Å²) in [6, 6.07) is 15.2. The van der Waals surface area contributed by atoms with Crippen LogP contribution in [0, 0.1) is 0 Å². The first-order chi connectivity index (χ1) is 12.8. The number of hydrogen-bond acceptors (Lipinski definition) is 5. The Morgan fingerprint density at radius 2 is 1.96 bits per heavy atom. The van der Waals surface area contributed by atoms with Crippen LogP contribution in [0.4, 0.5) is 0 Å². The highest BCUT2D eigenvalue weighted by Gasteiger charge is 2.26. The van der Waals surface area contributed by atoms with Crippen LogP contribution < -0.4 is 0 Å². The Labute approximate surface area is 151 Å². The van der Waals surface area contributed by atoms with Crippen LogP contribution in [0.15, 0.2) is 54.7 Å². The van der Waals surface area contributed by atoms with Crippen molar-refractivity contribution in [1.29, 1.82) is 0 Å². The van der Waals surface area contributed by atoms with Crippen molar-refractivity contribution in [2.24, 2.45) is 0 Å². The van der Waals surface area contributed by atoms with Gasteiger partial charge in [-0.15, -0.1) is 0 Å². The first-order valence-corrected chi connectivity index (χ1v) is 8.59. The minimum absolute atomic E-state index is 0.323. The first kappa shape index (κ1) is 16.8. The molecule has 1 unspecified atom stereocenters. The summed E-state index contributed by atoms with van der Waals surface area (Å²) in [7, 11) is 1.40. The average molecular weight is 352 g/mol. The SMILES string of the molecule is COC(=O)C(Cc1ccccc1)n1cc2cccc(C3OCCO3)c2n1. The smallest absolute Gasteiger partial charge is 0.331 e. The van der Waals surface area contributed by atoms with Gasteiger partial charge in [0.15, 0.2) is 12.3 Å². The highest BCUT2D eigenvalue weighted by Crippen LogP contribution is 2.30. The van der Waals surface area contributed by atoms with Crippen LogP contribution in [0.1, 0.15) is 23.5 Å². The molecule has 0 saturated carbocycles. The summed E-state index contributed by atoms with van der Waals surface area (Å²) in [4.78, 5) is 12.4. The fourth-order valence-electron chi connectivity index (χ4n) is 3.23. The molecule has 3 aromatic rings. The zero-order valence-corrected chi connectivity index (χ0v) is 14.5. The molecule has 0 spiro atoms. The molecule has 1 aliphatic rings. The number of nitrogens with zero attached hydrogens (tertiary/aromatic N) is 2. The van der Waals surface area contributed by atoms with Gasteiger partial charge in [-0.3, -0.25) is 4.68 Å². The van der Waals surface area contributed by atoms with Crippen LogP contribution in [-0.2, 0) is 25.4 Å². The van der Waals surface area contributed by atoms with E-state index in [0.29, 0.717) is 19.6 Å². The predicted octanol–water partition coefficient (Wildman–Crippen LogP) is 3.04. The third-order valence-electron chi connectivity index (χ3n) is 4.53. The van der Waals surface area contributed by atoms with Crippen LogP contribution in [0.5, 0.6) is 0 Å². The van der Waals surface area contributed by atoms with Crippen molar-refractivity contribution in [3.8, 4) is 0 Å². The number of benzene rings is 2. The maximum absolute atomic E-state index is 12.4. The summed E-state index contributed by atoms with van der Waals surface area (Å²) in [6.07, 6.45) is 1.97. The highest BCUT2D eigenvalue weighted by molar-refractivity contribution is 5.83. The minimum atomic E-state index is -0.534. The normalized spacial score (nSPS) is 16.0. The van der Waals surface area contributed by atoms with Crippen LogP contribution in [0.25, 0.3) is 10.9 Å². The number of hydrogen-bond donors (Lipinski definition) is 0. The molecule has 134 valence electrons. The van der Waals surface area contributed by atoms with Gasteiger partial charge in [0.1, 0.15) is 5.52 Å². The van der Waals surface area contributed by atoms with Gasteiger partial charge in [0, 0.05) is 23.6 Å². The third-order valence-corrected chi connectivity index (χ3v) is 4.53. The Morgan fingerprint density at radius 3 is 2.69 bits per heavy atom. The van der Waals surface area contributed by atoms with Crippen LogP contribution in [0.2, 0.25) is 0 Å². The van der Waals surface area contributed by atoms with Gasteiger partial charge in [-0.1, -0.05) is 48.5 Å². The number of ether oxygens (including phenoxy) is 3. The molecule has 4 rings (SSSR count). The summed E-state index contributed by atoms with van der Waals surface area (Å²) < 4.78 is 17.9. The lowest BCUT2D eigenvalue weighted by atomic mass is 10.1. The standard InChI is InChI=1S/C20H20N2O4/c1-24-19(23)17(12-14-6-3-2-4-7-14)22-13-15-8-5-9-16(18(15)21-22)20-25-10-11-26-20/h2-9,13,17,20H,10-12H2,1H3. The number of rotatable bonds is 5. The van der Waals surface area contributed by atoms with Gasteiger partial charge in [0.05, 0.1) is 20.3 Å². The summed E-state index contributed by atoms with van der Waals surface area (Å²) in [6.45, 7) is 1.14. The number of fused-ring (bicyclic) bond motifs is 1. The predicted molar refractivity (Wildman–Crippen MR) is 95.6 cm³/mol. The summed E-state index contributed by atoms with van der Waals surface area (Å²) >= 11 is 0. The van der Waals surface area contributed by atoms with E-state index in [1.807, 2.05) is 54.7 Å². The van der Waals surface area contributed by atoms with Gasteiger partial charge in [-0.25, -0.2) is 4.79 Å². The molecule has 1 fully saturated rings. The number of esters is 1. The molecule has 6 nitrogen and oxygen atoms in total. The minimum Gasteiger partial charge on any atom is -0.467 e. The van der Waals surface area contributed by atoms with Crippen molar-refractivity contribution < 1.29 is 19.0 Å². The van der Waals surface area contributed by atoms with Crippen molar-refractivity contribution in [3.63, 3.8) is 0 Å². The molecule has 1 aromatic heterocycles. The van der Waals surface area contributed by atoms with Crippen LogP contribution >= 0.6 is 0 Å². The largest absolute Gasteiger partial charge is 0.467 e. The number of carbonyl (C=O) groups is 1. The second-order valence-corrected chi connectivity index (χ2v) is 6.20. The fourth-order valence-corrected chi connectivity index (χ4v) is 3.23. The summed E-state index contributed by atoms with van der Waals surface area (Å²) in [5.41, 5.74) is 2.70. The van der Waals surface area contributed by atoms with Crippen molar-refractivity contribution in [3.05, 3.63) is 65.9 Å². The molecule has 0 bridgehead atoms. The van der Waals surface area contributed by atoms with Crippen LogP contribution in [0.3, 0.4) is 0 Å². The molecular formula is C20H20N2O4. The molecule has 0 radical (unpaired) electrons. The molecule has 0 amide bonds. The number of aromatic nitrogens is 2. The first-order valence-electron chi connectivity index (χ1n) is 8.59. The van der Waals surface area contributed by atoms with E-state index in [1.165, 1.54) is 7.11 Å².